The fourth-order valence-electron chi connectivity index (χ4n) is 4.35. The molecular formula is C22H29N3OS. The number of fused-ring (bicyclic) bond motifs is 4. The third-order valence-corrected chi connectivity index (χ3v) is 6.96. The molecule has 3 fully saturated rings. The van der Waals surface area contributed by atoms with Gasteiger partial charge in [-0.2, -0.15) is 0 Å². The normalized spacial score (nSPS) is 23.3. The number of amides is 1. The van der Waals surface area contributed by atoms with Gasteiger partial charge in [-0.3, -0.25) is 14.6 Å². The smallest absolute Gasteiger partial charge is 0.236 e. The molecule has 4 nitrogen and oxygen atoms in total. The van der Waals surface area contributed by atoms with Gasteiger partial charge in [0.2, 0.25) is 5.91 Å². The van der Waals surface area contributed by atoms with Crippen LogP contribution in [0.5, 0.6) is 0 Å². The van der Waals surface area contributed by atoms with Gasteiger partial charge in [0.15, 0.2) is 0 Å². The molecule has 4 heterocycles. The van der Waals surface area contributed by atoms with E-state index in [1.807, 2.05) is 25.4 Å². The summed E-state index contributed by atoms with van der Waals surface area (Å²) < 4.78 is 0. The number of benzene rings is 1. The zero-order valence-corrected chi connectivity index (χ0v) is 17.1. The highest BCUT2D eigenvalue weighted by atomic mass is 32.1. The van der Waals surface area contributed by atoms with Crippen LogP contribution >= 0.6 is 11.3 Å². The van der Waals surface area contributed by atoms with Crippen LogP contribution in [-0.4, -0.2) is 66.9 Å². The molecule has 0 aliphatic carbocycles. The van der Waals surface area contributed by atoms with E-state index in [9.17, 15) is 4.79 Å². The van der Waals surface area contributed by atoms with E-state index in [1.165, 1.54) is 28.2 Å². The van der Waals surface area contributed by atoms with E-state index in [0.717, 1.165) is 26.2 Å². The number of piperidine rings is 1. The predicted octanol–water partition coefficient (Wildman–Crippen LogP) is 3.40. The van der Waals surface area contributed by atoms with Crippen molar-refractivity contribution in [3.05, 3.63) is 47.3 Å². The zero-order chi connectivity index (χ0) is 18.8. The van der Waals surface area contributed by atoms with Gasteiger partial charge < -0.3 is 4.90 Å². The summed E-state index contributed by atoms with van der Waals surface area (Å²) in [6.45, 7) is 4.84. The second kappa shape index (κ2) is 8.13. The van der Waals surface area contributed by atoms with Crippen LogP contribution in [0.4, 0.5) is 0 Å². The summed E-state index contributed by atoms with van der Waals surface area (Å²) in [5, 5.41) is 0. The average Bonchev–Trinajstić information content (AvgIpc) is 2.96. The molecule has 2 atom stereocenters. The van der Waals surface area contributed by atoms with Crippen molar-refractivity contribution in [2.75, 3.05) is 40.3 Å². The van der Waals surface area contributed by atoms with Crippen molar-refractivity contribution < 1.29 is 4.79 Å². The van der Waals surface area contributed by atoms with Crippen molar-refractivity contribution in [1.82, 2.24) is 14.7 Å². The maximum Gasteiger partial charge on any atom is 0.236 e. The summed E-state index contributed by atoms with van der Waals surface area (Å²) in [6.07, 6.45) is 2.56. The van der Waals surface area contributed by atoms with Crippen LogP contribution in [0.2, 0.25) is 0 Å². The minimum atomic E-state index is 0.216. The fraction of sp³-hybridized carbons (Fsp3) is 0.500. The van der Waals surface area contributed by atoms with Gasteiger partial charge in [0, 0.05) is 56.1 Å². The van der Waals surface area contributed by atoms with Crippen LogP contribution in [0.3, 0.4) is 0 Å². The molecule has 0 saturated carbocycles. The molecule has 5 rings (SSSR count). The average molecular weight is 384 g/mol. The Morgan fingerprint density at radius 2 is 1.89 bits per heavy atom. The molecule has 5 heteroatoms. The van der Waals surface area contributed by atoms with Crippen molar-refractivity contribution >= 4 is 17.2 Å². The van der Waals surface area contributed by atoms with Gasteiger partial charge in [0.25, 0.3) is 0 Å². The van der Waals surface area contributed by atoms with Crippen molar-refractivity contribution in [1.29, 1.82) is 0 Å². The number of carbonyl (C=O) groups is 1. The third kappa shape index (κ3) is 4.42. The highest BCUT2D eigenvalue weighted by Gasteiger charge is 2.35. The number of hydrogen-bond donors (Lipinski definition) is 0. The fourth-order valence-corrected chi connectivity index (χ4v) is 5.39. The van der Waals surface area contributed by atoms with Crippen molar-refractivity contribution in [2.45, 2.75) is 25.4 Å². The molecule has 1 aromatic carbocycles. The van der Waals surface area contributed by atoms with Gasteiger partial charge in [0.05, 0.1) is 6.54 Å². The second-order valence-electron chi connectivity index (χ2n) is 8.14. The van der Waals surface area contributed by atoms with E-state index in [2.05, 4.69) is 52.3 Å². The molecule has 1 aromatic heterocycles. The molecule has 1 amide bonds. The minimum Gasteiger partial charge on any atom is -0.348 e. The zero-order valence-electron chi connectivity index (χ0n) is 16.3. The lowest BCUT2D eigenvalue weighted by molar-refractivity contribution is -0.130. The molecule has 0 N–H and O–H groups in total. The molecule has 0 spiro atoms. The molecule has 144 valence electrons. The van der Waals surface area contributed by atoms with Gasteiger partial charge in [-0.05, 0) is 36.5 Å². The van der Waals surface area contributed by atoms with E-state index < -0.39 is 0 Å². The van der Waals surface area contributed by atoms with Crippen molar-refractivity contribution in [3.63, 3.8) is 0 Å². The predicted molar refractivity (Wildman–Crippen MR) is 112 cm³/mol. The molecule has 27 heavy (non-hydrogen) atoms. The van der Waals surface area contributed by atoms with Crippen molar-refractivity contribution in [2.24, 2.45) is 5.92 Å². The Morgan fingerprint density at radius 3 is 2.67 bits per heavy atom. The number of nitrogens with zero attached hydrogens (tertiary/aromatic N) is 3. The topological polar surface area (TPSA) is 26.8 Å². The summed E-state index contributed by atoms with van der Waals surface area (Å²) in [5.41, 5.74) is 1.31. The summed E-state index contributed by atoms with van der Waals surface area (Å²) in [5.74, 6) is 0.904. The number of thiophene rings is 1. The number of carbonyl (C=O) groups excluding carboxylic acids is 1. The lowest BCUT2D eigenvalue weighted by Gasteiger charge is -2.35. The Morgan fingerprint density at radius 1 is 1.07 bits per heavy atom. The SMILES string of the molecule is CN(C)C(=O)CN1C[C@H]2CC[C@@H](C1)N(Cc1ccc(-c3ccccc3)s1)C2. The Hall–Kier alpha value is -1.69. The van der Waals surface area contributed by atoms with Gasteiger partial charge in [-0.25, -0.2) is 0 Å². The van der Waals surface area contributed by atoms with Crippen molar-refractivity contribution in [3.8, 4) is 10.4 Å². The molecule has 3 aliphatic rings. The van der Waals surface area contributed by atoms with Crippen LogP contribution in [0.25, 0.3) is 10.4 Å². The summed E-state index contributed by atoms with van der Waals surface area (Å²) in [4.78, 5) is 21.7. The van der Waals surface area contributed by atoms with Gasteiger partial charge in [-0.15, -0.1) is 11.3 Å². The Kier molecular flexibility index (Phi) is 5.62. The lowest BCUT2D eigenvalue weighted by Crippen LogP contribution is -2.44. The summed E-state index contributed by atoms with van der Waals surface area (Å²) >= 11 is 1.91. The quantitative estimate of drug-likeness (QED) is 0.792. The largest absolute Gasteiger partial charge is 0.348 e. The van der Waals surface area contributed by atoms with E-state index in [1.54, 1.807) is 4.90 Å². The first-order chi connectivity index (χ1) is 13.1. The highest BCUT2D eigenvalue weighted by molar-refractivity contribution is 7.15. The van der Waals surface area contributed by atoms with E-state index >= 15 is 0 Å². The maximum absolute atomic E-state index is 12.1. The van der Waals surface area contributed by atoms with Crippen LogP contribution in [0.15, 0.2) is 42.5 Å². The van der Waals surface area contributed by atoms with Gasteiger partial charge in [-0.1, -0.05) is 30.3 Å². The first kappa shape index (κ1) is 18.7. The van der Waals surface area contributed by atoms with Crippen LogP contribution < -0.4 is 0 Å². The number of hydrogen-bond acceptors (Lipinski definition) is 4. The molecule has 3 saturated heterocycles. The second-order valence-corrected chi connectivity index (χ2v) is 9.31. The molecule has 0 unspecified atom stereocenters. The van der Waals surface area contributed by atoms with Gasteiger partial charge >= 0.3 is 0 Å². The van der Waals surface area contributed by atoms with Crippen LogP contribution in [-0.2, 0) is 11.3 Å². The van der Waals surface area contributed by atoms with Gasteiger partial charge in [0.1, 0.15) is 0 Å². The molecule has 2 aromatic rings. The molecular weight excluding hydrogens is 354 g/mol. The molecule has 2 bridgehead atoms. The third-order valence-electron chi connectivity index (χ3n) is 5.84. The Balaban J connectivity index is 1.42. The van der Waals surface area contributed by atoms with Crippen LogP contribution in [0, 0.1) is 5.92 Å². The molecule has 3 aliphatic heterocycles. The number of rotatable bonds is 5. The van der Waals surface area contributed by atoms with Crippen LogP contribution in [0.1, 0.15) is 17.7 Å². The highest BCUT2D eigenvalue weighted by Crippen LogP contribution is 2.33. The lowest BCUT2D eigenvalue weighted by atomic mass is 9.95. The van der Waals surface area contributed by atoms with E-state index in [4.69, 9.17) is 0 Å². The van der Waals surface area contributed by atoms with E-state index in [0.29, 0.717) is 18.5 Å². The standard InChI is InChI=1S/C22H29N3OS/c1-23(2)22(26)16-24-12-17-8-9-19(14-24)25(13-17)15-20-10-11-21(27-20)18-6-4-3-5-7-18/h3-7,10-11,17,19H,8-9,12-16H2,1-2H3/t17-,19+/m1/s1. The first-order valence-corrected chi connectivity index (χ1v) is 10.7. The molecule has 0 radical (unpaired) electrons. The summed E-state index contributed by atoms with van der Waals surface area (Å²) in [7, 11) is 3.70. The first-order valence-electron chi connectivity index (χ1n) is 9.89. The maximum atomic E-state index is 12.1. The number of likely N-dealkylation sites (N-methyl/N-ethyl adjacent to an activating group) is 1. The Bertz CT molecular complexity index is 773. The minimum absolute atomic E-state index is 0.216. The van der Waals surface area contributed by atoms with E-state index in [-0.39, 0.29) is 5.91 Å². The Labute approximate surface area is 166 Å². The summed E-state index contributed by atoms with van der Waals surface area (Å²) in [6, 6.07) is 15.8. The monoisotopic (exact) mass is 383 g/mol.